The number of hydrogen-bond acceptors (Lipinski definition) is 7. The molecule has 0 spiro atoms. The van der Waals surface area contributed by atoms with Crippen LogP contribution in [-0.4, -0.2) is 35.6 Å². The van der Waals surface area contributed by atoms with Crippen LogP contribution in [0, 0.1) is 0 Å². The number of anilines is 3. The van der Waals surface area contributed by atoms with Gasteiger partial charge in [-0.05, 0) is 43.3 Å². The molecule has 8 nitrogen and oxygen atoms in total. The maximum absolute atomic E-state index is 12.4. The van der Waals surface area contributed by atoms with Crippen molar-refractivity contribution in [1.82, 2.24) is 9.97 Å². The molecule has 1 heterocycles. The van der Waals surface area contributed by atoms with E-state index < -0.39 is 11.9 Å². The van der Waals surface area contributed by atoms with Crippen LogP contribution in [-0.2, 0) is 4.74 Å². The molecule has 29 heavy (non-hydrogen) atoms. The zero-order valence-corrected chi connectivity index (χ0v) is 16.0. The first-order valence-corrected chi connectivity index (χ1v) is 8.91. The Morgan fingerprint density at radius 2 is 1.76 bits per heavy atom. The van der Waals surface area contributed by atoms with Crippen molar-refractivity contribution in [1.29, 1.82) is 0 Å². The Morgan fingerprint density at radius 1 is 1.00 bits per heavy atom. The van der Waals surface area contributed by atoms with Crippen molar-refractivity contribution in [3.63, 3.8) is 0 Å². The Labute approximate surface area is 167 Å². The Hall–Kier alpha value is -3.94. The van der Waals surface area contributed by atoms with Crippen molar-refractivity contribution >= 4 is 29.1 Å². The van der Waals surface area contributed by atoms with Crippen LogP contribution in [0.3, 0.4) is 0 Å². The molecule has 0 bridgehead atoms. The first-order valence-electron chi connectivity index (χ1n) is 8.91. The number of rotatable bonds is 7. The molecule has 3 rings (SSSR count). The SMILES string of the molecule is CCOc1ccccc1Nc1cnc(C(=O)Nc2ccc(C(=O)OC)cc2)cn1. The fourth-order valence-corrected chi connectivity index (χ4v) is 2.50. The van der Waals surface area contributed by atoms with E-state index in [1.54, 1.807) is 24.3 Å². The van der Waals surface area contributed by atoms with Crippen molar-refractivity contribution < 1.29 is 19.1 Å². The summed E-state index contributed by atoms with van der Waals surface area (Å²) in [6.45, 7) is 2.46. The minimum atomic E-state index is -0.442. The predicted molar refractivity (Wildman–Crippen MR) is 109 cm³/mol. The molecule has 0 radical (unpaired) electrons. The lowest BCUT2D eigenvalue weighted by atomic mass is 10.2. The second kappa shape index (κ2) is 9.32. The molecule has 0 atom stereocenters. The topological polar surface area (TPSA) is 102 Å². The van der Waals surface area contributed by atoms with E-state index in [0.717, 1.165) is 5.69 Å². The molecule has 0 unspecified atom stereocenters. The van der Waals surface area contributed by atoms with Gasteiger partial charge in [-0.1, -0.05) is 12.1 Å². The van der Waals surface area contributed by atoms with Crippen LogP contribution in [0.4, 0.5) is 17.2 Å². The lowest BCUT2D eigenvalue weighted by Gasteiger charge is -2.11. The highest BCUT2D eigenvalue weighted by atomic mass is 16.5. The minimum absolute atomic E-state index is 0.158. The molecule has 8 heteroatoms. The zero-order valence-electron chi connectivity index (χ0n) is 16.0. The molecule has 2 aromatic carbocycles. The number of carbonyl (C=O) groups excluding carboxylic acids is 2. The van der Waals surface area contributed by atoms with Gasteiger partial charge in [-0.3, -0.25) is 4.79 Å². The molecule has 3 aromatic rings. The van der Waals surface area contributed by atoms with E-state index in [-0.39, 0.29) is 5.69 Å². The normalized spacial score (nSPS) is 10.1. The Morgan fingerprint density at radius 3 is 2.41 bits per heavy atom. The molecule has 0 saturated carbocycles. The maximum Gasteiger partial charge on any atom is 0.337 e. The number of para-hydroxylation sites is 2. The Bertz CT molecular complexity index is 988. The maximum atomic E-state index is 12.4. The van der Waals surface area contributed by atoms with Gasteiger partial charge in [0.15, 0.2) is 0 Å². The summed E-state index contributed by atoms with van der Waals surface area (Å²) < 4.78 is 10.2. The van der Waals surface area contributed by atoms with Crippen molar-refractivity contribution in [2.75, 3.05) is 24.4 Å². The minimum Gasteiger partial charge on any atom is -0.492 e. The number of nitrogens with one attached hydrogen (secondary N) is 2. The van der Waals surface area contributed by atoms with Gasteiger partial charge in [0.1, 0.15) is 17.3 Å². The number of aromatic nitrogens is 2. The van der Waals surface area contributed by atoms with Crippen molar-refractivity contribution in [3.05, 3.63) is 72.2 Å². The molecular weight excluding hydrogens is 372 g/mol. The predicted octanol–water partition coefficient (Wildman–Crippen LogP) is 3.66. The van der Waals surface area contributed by atoms with Crippen molar-refractivity contribution in [2.45, 2.75) is 6.92 Å². The van der Waals surface area contributed by atoms with E-state index in [1.807, 2.05) is 31.2 Å². The van der Waals surface area contributed by atoms with E-state index in [4.69, 9.17) is 4.74 Å². The molecule has 0 aliphatic rings. The van der Waals surface area contributed by atoms with Crippen LogP contribution in [0.15, 0.2) is 60.9 Å². The van der Waals surface area contributed by atoms with Gasteiger partial charge in [-0.15, -0.1) is 0 Å². The molecule has 1 aromatic heterocycles. The van der Waals surface area contributed by atoms with E-state index in [2.05, 4.69) is 25.3 Å². The molecule has 0 aliphatic carbocycles. The monoisotopic (exact) mass is 392 g/mol. The van der Waals surface area contributed by atoms with Crippen LogP contribution in [0.25, 0.3) is 0 Å². The molecule has 1 amide bonds. The summed E-state index contributed by atoms with van der Waals surface area (Å²) in [5, 5.41) is 5.82. The first-order chi connectivity index (χ1) is 14.1. The van der Waals surface area contributed by atoms with Gasteiger partial charge in [0, 0.05) is 5.69 Å². The van der Waals surface area contributed by atoms with Crippen LogP contribution in [0.2, 0.25) is 0 Å². The highest BCUT2D eigenvalue weighted by Crippen LogP contribution is 2.26. The van der Waals surface area contributed by atoms with E-state index in [1.165, 1.54) is 19.5 Å². The quantitative estimate of drug-likeness (QED) is 0.592. The lowest BCUT2D eigenvalue weighted by Crippen LogP contribution is -2.14. The standard InChI is InChI=1S/C21H20N4O4/c1-3-29-18-7-5-4-6-16(18)25-19-13-22-17(12-23-19)20(26)24-15-10-8-14(9-11-15)21(27)28-2/h4-13H,3H2,1-2H3,(H,23,25)(H,24,26). The fraction of sp³-hybridized carbons (Fsp3) is 0.143. The molecule has 148 valence electrons. The van der Waals surface area contributed by atoms with Crippen LogP contribution in [0.5, 0.6) is 5.75 Å². The van der Waals surface area contributed by atoms with Gasteiger partial charge in [-0.2, -0.15) is 0 Å². The van der Waals surface area contributed by atoms with Gasteiger partial charge in [-0.25, -0.2) is 14.8 Å². The molecule has 0 fully saturated rings. The van der Waals surface area contributed by atoms with Gasteiger partial charge < -0.3 is 20.1 Å². The van der Waals surface area contributed by atoms with Crippen LogP contribution >= 0.6 is 0 Å². The zero-order chi connectivity index (χ0) is 20.6. The van der Waals surface area contributed by atoms with Crippen LogP contribution < -0.4 is 15.4 Å². The third kappa shape index (κ3) is 5.07. The van der Waals surface area contributed by atoms with Gasteiger partial charge in [0.25, 0.3) is 5.91 Å². The Balaban J connectivity index is 1.65. The molecule has 0 aliphatic heterocycles. The second-order valence-corrected chi connectivity index (χ2v) is 5.86. The summed E-state index contributed by atoms with van der Waals surface area (Å²) >= 11 is 0. The lowest BCUT2D eigenvalue weighted by molar-refractivity contribution is 0.0600. The summed E-state index contributed by atoms with van der Waals surface area (Å²) in [6, 6.07) is 13.8. The molecule has 2 N–H and O–H groups in total. The Kier molecular flexibility index (Phi) is 6.36. The van der Waals surface area contributed by atoms with Gasteiger partial charge in [0.2, 0.25) is 0 Å². The van der Waals surface area contributed by atoms with Gasteiger partial charge >= 0.3 is 5.97 Å². The van der Waals surface area contributed by atoms with E-state index in [9.17, 15) is 9.59 Å². The largest absolute Gasteiger partial charge is 0.492 e. The second-order valence-electron chi connectivity index (χ2n) is 5.86. The summed E-state index contributed by atoms with van der Waals surface area (Å²) in [5.41, 5.74) is 1.84. The van der Waals surface area contributed by atoms with E-state index >= 15 is 0 Å². The third-order valence-corrected chi connectivity index (χ3v) is 3.90. The molecule has 0 saturated heterocycles. The number of ether oxygens (including phenoxy) is 2. The number of benzene rings is 2. The average molecular weight is 392 g/mol. The van der Waals surface area contributed by atoms with Crippen LogP contribution in [0.1, 0.15) is 27.8 Å². The number of nitrogens with zero attached hydrogens (tertiary/aromatic N) is 2. The molecular formula is C21H20N4O4. The summed E-state index contributed by atoms with van der Waals surface area (Å²) in [4.78, 5) is 32.2. The van der Waals surface area contributed by atoms with Crippen molar-refractivity contribution in [2.24, 2.45) is 0 Å². The number of carbonyl (C=O) groups is 2. The number of methoxy groups -OCH3 is 1. The highest BCUT2D eigenvalue weighted by Gasteiger charge is 2.11. The third-order valence-electron chi connectivity index (χ3n) is 3.90. The fourth-order valence-electron chi connectivity index (χ4n) is 2.50. The number of esters is 1. The summed E-state index contributed by atoms with van der Waals surface area (Å²) in [6.07, 6.45) is 2.85. The average Bonchev–Trinajstić information content (AvgIpc) is 2.76. The smallest absolute Gasteiger partial charge is 0.337 e. The van der Waals surface area contributed by atoms with Gasteiger partial charge in [0.05, 0.1) is 37.4 Å². The summed E-state index contributed by atoms with van der Waals surface area (Å²) in [7, 11) is 1.31. The van der Waals surface area contributed by atoms with Crippen molar-refractivity contribution in [3.8, 4) is 5.75 Å². The first kappa shape index (κ1) is 19.8. The number of hydrogen-bond donors (Lipinski definition) is 2. The number of amides is 1. The van der Waals surface area contributed by atoms with E-state index in [0.29, 0.717) is 29.4 Å². The summed E-state index contributed by atoms with van der Waals surface area (Å²) in [5.74, 6) is 0.331. The highest BCUT2D eigenvalue weighted by molar-refractivity contribution is 6.03.